The Morgan fingerprint density at radius 2 is 1.58 bits per heavy atom. The molecule has 0 aromatic heterocycles. The Hall–Kier alpha value is -3.34. The number of carbonyl (C=O) groups excluding carboxylic acids is 4. The highest BCUT2D eigenvalue weighted by atomic mass is 16.7. The number of amides is 1. The number of methoxy groups -OCH3 is 3. The van der Waals surface area contributed by atoms with E-state index in [9.17, 15) is 34.5 Å². The van der Waals surface area contributed by atoms with Gasteiger partial charge in [0.25, 0.3) is 11.7 Å². The van der Waals surface area contributed by atoms with Crippen molar-refractivity contribution in [3.8, 4) is 0 Å². The number of esters is 1. The second-order valence-corrected chi connectivity index (χ2v) is 19.4. The molecular formula is C51H77NO13. The quantitative estimate of drug-likeness (QED) is 0.136. The molecular weight excluding hydrogens is 835 g/mol. The number of fused-ring (bicyclic) bond motifs is 3. The molecule has 3 fully saturated rings. The summed E-state index contributed by atoms with van der Waals surface area (Å²) in [7, 11) is 4.70. The molecule has 15 atom stereocenters. The van der Waals surface area contributed by atoms with Gasteiger partial charge in [-0.15, -0.1) is 0 Å². The SMILES string of the molecule is CCC1/C=C(\C)CC(C)CC(OC)C2OC(O)(C(=O)C(=O)N3CCCCC3C(=O)OC(C(C)=CC3CCC(OCC(O)c4ccccc4)C(OC)C3)C(C)C(O)CC1=O)C(C)CC2OC. The number of aliphatic hydroxyl groups is 3. The Kier molecular flexibility index (Phi) is 19.5. The molecule has 65 heavy (non-hydrogen) atoms. The van der Waals surface area contributed by atoms with Crippen molar-refractivity contribution in [3.05, 3.63) is 59.2 Å². The Morgan fingerprint density at radius 1 is 0.908 bits per heavy atom. The third kappa shape index (κ3) is 13.0. The fourth-order valence-corrected chi connectivity index (χ4v) is 10.6. The normalized spacial score (nSPS) is 37.9. The summed E-state index contributed by atoms with van der Waals surface area (Å²) in [5.74, 6) is -7.61. The molecule has 3 aliphatic heterocycles. The van der Waals surface area contributed by atoms with Crippen LogP contribution in [0.2, 0.25) is 0 Å². The van der Waals surface area contributed by atoms with Crippen molar-refractivity contribution in [2.75, 3.05) is 34.5 Å². The lowest BCUT2D eigenvalue weighted by atomic mass is 9.81. The Labute approximate surface area is 386 Å². The minimum atomic E-state index is -2.52. The van der Waals surface area contributed by atoms with E-state index in [1.807, 2.05) is 63.3 Å². The van der Waals surface area contributed by atoms with E-state index in [1.165, 1.54) is 19.1 Å². The zero-order valence-electron chi connectivity index (χ0n) is 40.2. The van der Waals surface area contributed by atoms with E-state index in [4.69, 9.17) is 28.4 Å². The summed E-state index contributed by atoms with van der Waals surface area (Å²) < 4.78 is 36.5. The summed E-state index contributed by atoms with van der Waals surface area (Å²) in [5.41, 5.74) is 2.43. The van der Waals surface area contributed by atoms with Crippen molar-refractivity contribution in [1.82, 2.24) is 4.90 Å². The van der Waals surface area contributed by atoms with E-state index in [0.717, 1.165) is 17.6 Å². The van der Waals surface area contributed by atoms with Gasteiger partial charge in [-0.2, -0.15) is 0 Å². The van der Waals surface area contributed by atoms with Crippen LogP contribution in [0.15, 0.2) is 53.6 Å². The van der Waals surface area contributed by atoms with Gasteiger partial charge in [0, 0.05) is 52.0 Å². The molecule has 3 heterocycles. The number of nitrogens with zero attached hydrogens (tertiary/aromatic N) is 1. The van der Waals surface area contributed by atoms with Crippen LogP contribution in [0.4, 0.5) is 0 Å². The molecule has 14 heteroatoms. The Morgan fingerprint density at radius 3 is 2.25 bits per heavy atom. The van der Waals surface area contributed by atoms with Crippen LogP contribution in [0, 0.1) is 29.6 Å². The molecule has 1 aliphatic carbocycles. The fraction of sp³-hybridized carbons (Fsp3) is 0.725. The highest BCUT2D eigenvalue weighted by Crippen LogP contribution is 2.39. The summed E-state index contributed by atoms with van der Waals surface area (Å²) in [6.45, 7) is 11.4. The number of cyclic esters (lactones) is 1. The summed E-state index contributed by atoms with van der Waals surface area (Å²) in [5, 5.41) is 34.7. The third-order valence-corrected chi connectivity index (χ3v) is 14.5. The largest absolute Gasteiger partial charge is 0.456 e. The molecule has 1 amide bonds. The molecule has 4 aliphatic rings. The lowest BCUT2D eigenvalue weighted by Gasteiger charge is -2.47. The number of aliphatic hydroxyl groups excluding tert-OH is 2. The number of hydrogen-bond acceptors (Lipinski definition) is 13. The van der Waals surface area contributed by atoms with Crippen LogP contribution in [0.25, 0.3) is 0 Å². The number of Topliss-reactive ketones (excluding diaryl/α,β-unsaturated/α-hetero) is 2. The maximum absolute atomic E-state index is 14.5. The van der Waals surface area contributed by atoms with Gasteiger partial charge in [-0.05, 0) is 101 Å². The monoisotopic (exact) mass is 912 g/mol. The first-order valence-corrected chi connectivity index (χ1v) is 23.9. The number of piperidine rings is 1. The van der Waals surface area contributed by atoms with Crippen molar-refractivity contribution in [2.45, 2.75) is 173 Å². The molecule has 2 saturated heterocycles. The second-order valence-electron chi connectivity index (χ2n) is 19.4. The van der Waals surface area contributed by atoms with Crippen molar-refractivity contribution < 1.29 is 62.9 Å². The minimum absolute atomic E-state index is 0.0171. The van der Waals surface area contributed by atoms with E-state index in [0.29, 0.717) is 50.5 Å². The van der Waals surface area contributed by atoms with Gasteiger partial charge in [0.15, 0.2) is 0 Å². The molecule has 15 unspecified atom stereocenters. The van der Waals surface area contributed by atoms with Gasteiger partial charge in [0.05, 0.1) is 37.1 Å². The molecule has 364 valence electrons. The van der Waals surface area contributed by atoms with E-state index >= 15 is 0 Å². The minimum Gasteiger partial charge on any atom is -0.456 e. The third-order valence-electron chi connectivity index (χ3n) is 14.5. The summed E-state index contributed by atoms with van der Waals surface area (Å²) in [4.78, 5) is 58.3. The van der Waals surface area contributed by atoms with E-state index < -0.39 is 83.9 Å². The first-order chi connectivity index (χ1) is 30.9. The van der Waals surface area contributed by atoms with Crippen molar-refractivity contribution in [1.29, 1.82) is 0 Å². The second kappa shape index (κ2) is 24.1. The number of carbonyl (C=O) groups is 4. The molecule has 0 radical (unpaired) electrons. The fourth-order valence-electron chi connectivity index (χ4n) is 10.6. The Bertz CT molecular complexity index is 1800. The number of allylic oxidation sites excluding steroid dienone is 3. The molecule has 1 saturated carbocycles. The van der Waals surface area contributed by atoms with Crippen LogP contribution in [0.3, 0.4) is 0 Å². The lowest BCUT2D eigenvalue weighted by molar-refractivity contribution is -0.302. The topological polar surface area (TPSA) is 188 Å². The van der Waals surface area contributed by atoms with E-state index in [2.05, 4.69) is 6.92 Å². The average molecular weight is 912 g/mol. The maximum atomic E-state index is 14.5. The average Bonchev–Trinajstić information content (AvgIpc) is 3.30. The van der Waals surface area contributed by atoms with Gasteiger partial charge in [-0.25, -0.2) is 4.79 Å². The van der Waals surface area contributed by atoms with Gasteiger partial charge in [-0.3, -0.25) is 14.4 Å². The number of ether oxygens (including phenoxy) is 6. The van der Waals surface area contributed by atoms with Crippen LogP contribution in [0.1, 0.15) is 124 Å². The van der Waals surface area contributed by atoms with Crippen LogP contribution in [-0.2, 0) is 47.6 Å². The van der Waals surface area contributed by atoms with E-state index in [-0.39, 0.29) is 62.2 Å². The van der Waals surface area contributed by atoms with Crippen LogP contribution < -0.4 is 0 Å². The zero-order valence-corrected chi connectivity index (χ0v) is 40.2. The van der Waals surface area contributed by atoms with E-state index in [1.54, 1.807) is 21.0 Å². The molecule has 0 spiro atoms. The zero-order chi connectivity index (χ0) is 47.6. The molecule has 5 rings (SSSR count). The Balaban J connectivity index is 1.45. The standard InChI is InChI=1S/C51H77NO13/c1-10-36-23-30(2)22-31(3)24-44(61-8)47-45(62-9)26-33(5)51(59,65-47)48(56)49(57)52-21-15-14-18-38(52)50(58)64-46(34(6)39(53)28-40(36)54)32(4)25-35-19-20-42(43(27-35)60-7)63-29-41(55)37-16-12-11-13-17-37/h11-13,16-17,23,25,31,33-36,38-39,41-47,53,55,59H,10,14-15,18-22,24,26-29H2,1-9H3/b30-23+,32-25?. The summed E-state index contributed by atoms with van der Waals surface area (Å²) in [6, 6.07) is 8.20. The first kappa shape index (κ1) is 52.6. The van der Waals surface area contributed by atoms with Crippen LogP contribution in [0.5, 0.6) is 0 Å². The van der Waals surface area contributed by atoms with Gasteiger partial charge < -0.3 is 48.6 Å². The number of hydrogen-bond donors (Lipinski definition) is 3. The molecule has 3 N–H and O–H groups in total. The van der Waals surface area contributed by atoms with Gasteiger partial charge in [0.1, 0.15) is 30.1 Å². The van der Waals surface area contributed by atoms with Crippen molar-refractivity contribution in [3.63, 3.8) is 0 Å². The predicted octanol–water partition coefficient (Wildman–Crippen LogP) is 6.23. The van der Waals surface area contributed by atoms with Crippen LogP contribution in [-0.4, -0.2) is 133 Å². The summed E-state index contributed by atoms with van der Waals surface area (Å²) >= 11 is 0. The van der Waals surface area contributed by atoms with Crippen molar-refractivity contribution >= 4 is 23.4 Å². The number of ketones is 2. The lowest BCUT2D eigenvalue weighted by Crippen LogP contribution is -2.64. The highest BCUT2D eigenvalue weighted by Gasteiger charge is 2.56. The smallest absolute Gasteiger partial charge is 0.329 e. The molecule has 1 aromatic carbocycles. The maximum Gasteiger partial charge on any atom is 0.329 e. The van der Waals surface area contributed by atoms with Gasteiger partial charge >= 0.3 is 5.97 Å². The van der Waals surface area contributed by atoms with Crippen LogP contribution >= 0.6 is 0 Å². The first-order valence-electron chi connectivity index (χ1n) is 23.9. The van der Waals surface area contributed by atoms with Gasteiger partial charge in [0.2, 0.25) is 5.79 Å². The van der Waals surface area contributed by atoms with Crippen molar-refractivity contribution in [2.24, 2.45) is 29.6 Å². The van der Waals surface area contributed by atoms with Gasteiger partial charge in [-0.1, -0.05) is 75.8 Å². The molecule has 14 nitrogen and oxygen atoms in total. The molecule has 2 bridgehead atoms. The highest BCUT2D eigenvalue weighted by molar-refractivity contribution is 6.39. The number of benzene rings is 1. The predicted molar refractivity (Wildman–Crippen MR) is 243 cm³/mol. The summed E-state index contributed by atoms with van der Waals surface area (Å²) in [6.07, 6.45) is 3.42. The number of rotatable bonds is 10. The molecule has 1 aromatic rings.